The molecule has 0 spiro atoms. The second kappa shape index (κ2) is 6.86. The molecule has 1 radical (unpaired) electrons. The molecule has 0 aromatic rings. The van der Waals surface area contributed by atoms with Gasteiger partial charge in [0.15, 0.2) is 0 Å². The first-order chi connectivity index (χ1) is 6.13. The standard InChI is InChI=1S/C9H18NO3/c1-5-8(3)12-10(7-11)13-9(4)6-2/h8-9H,5-6H2,1-4H3. The van der Waals surface area contributed by atoms with E-state index in [4.69, 9.17) is 9.68 Å². The van der Waals surface area contributed by atoms with E-state index >= 15 is 0 Å². The highest BCUT2D eigenvalue weighted by Crippen LogP contribution is 2.04. The minimum atomic E-state index is -0.0366. The molecule has 0 aromatic heterocycles. The van der Waals surface area contributed by atoms with E-state index in [1.807, 2.05) is 27.7 Å². The van der Waals surface area contributed by atoms with Crippen molar-refractivity contribution in [1.82, 2.24) is 5.23 Å². The van der Waals surface area contributed by atoms with Crippen LogP contribution >= 0.6 is 0 Å². The highest BCUT2D eigenvalue weighted by atomic mass is 17.0. The third-order valence-electron chi connectivity index (χ3n) is 1.78. The van der Waals surface area contributed by atoms with Gasteiger partial charge in [0, 0.05) is 0 Å². The van der Waals surface area contributed by atoms with Crippen LogP contribution < -0.4 is 0 Å². The van der Waals surface area contributed by atoms with E-state index in [1.54, 1.807) is 6.41 Å². The average molecular weight is 188 g/mol. The highest BCUT2D eigenvalue weighted by molar-refractivity contribution is 5.44. The predicted octanol–water partition coefficient (Wildman–Crippen LogP) is 1.82. The number of hydrogen-bond acceptors (Lipinski definition) is 3. The number of carbonyl (C=O) groups excluding carboxylic acids is 1. The maximum Gasteiger partial charge on any atom is 0.366 e. The molecule has 77 valence electrons. The lowest BCUT2D eigenvalue weighted by Gasteiger charge is -2.21. The monoisotopic (exact) mass is 188 g/mol. The molecule has 4 nitrogen and oxygen atoms in total. The van der Waals surface area contributed by atoms with E-state index in [0.29, 0.717) is 0 Å². The lowest BCUT2D eigenvalue weighted by molar-refractivity contribution is -0.350. The van der Waals surface area contributed by atoms with E-state index in [0.717, 1.165) is 18.1 Å². The summed E-state index contributed by atoms with van der Waals surface area (Å²) in [7, 11) is 0. The van der Waals surface area contributed by atoms with Crippen molar-refractivity contribution in [3.05, 3.63) is 0 Å². The second-order valence-electron chi connectivity index (χ2n) is 3.00. The summed E-state index contributed by atoms with van der Waals surface area (Å²) in [5.41, 5.74) is 0. The Morgan fingerprint density at radius 1 is 1.15 bits per heavy atom. The van der Waals surface area contributed by atoms with Crippen molar-refractivity contribution >= 4 is 6.41 Å². The molecule has 0 saturated heterocycles. The summed E-state index contributed by atoms with van der Waals surface area (Å²) in [4.78, 5) is 20.6. The van der Waals surface area contributed by atoms with Crippen LogP contribution in [0.5, 0.6) is 0 Å². The quantitative estimate of drug-likeness (QED) is 0.452. The van der Waals surface area contributed by atoms with Crippen LogP contribution in [0.2, 0.25) is 0 Å². The Morgan fingerprint density at radius 3 is 1.77 bits per heavy atom. The van der Waals surface area contributed by atoms with Crippen LogP contribution in [0.25, 0.3) is 0 Å². The molecule has 0 saturated carbocycles. The molecule has 13 heavy (non-hydrogen) atoms. The van der Waals surface area contributed by atoms with Crippen molar-refractivity contribution in [2.45, 2.75) is 52.7 Å². The van der Waals surface area contributed by atoms with Crippen molar-refractivity contribution in [3.63, 3.8) is 0 Å². The van der Waals surface area contributed by atoms with Gasteiger partial charge in [0.2, 0.25) is 0 Å². The Morgan fingerprint density at radius 2 is 1.54 bits per heavy atom. The number of hydroxylamine groups is 2. The van der Waals surface area contributed by atoms with Crippen molar-refractivity contribution in [1.29, 1.82) is 0 Å². The number of nitrogens with zero attached hydrogens (tertiary/aromatic N) is 1. The zero-order valence-electron chi connectivity index (χ0n) is 8.74. The molecule has 0 heterocycles. The van der Waals surface area contributed by atoms with E-state index in [9.17, 15) is 4.79 Å². The van der Waals surface area contributed by atoms with Crippen molar-refractivity contribution in [2.24, 2.45) is 0 Å². The summed E-state index contributed by atoms with van der Waals surface area (Å²) in [6.07, 6.45) is 3.14. The molecule has 2 atom stereocenters. The van der Waals surface area contributed by atoms with Gasteiger partial charge in [-0.05, 0) is 26.7 Å². The molecular weight excluding hydrogens is 170 g/mol. The number of hydrogen-bond donors (Lipinski definition) is 0. The van der Waals surface area contributed by atoms with E-state index < -0.39 is 0 Å². The molecule has 0 aromatic carbocycles. The molecule has 0 aliphatic rings. The SMILES string of the molecule is CCC(C)ON([C]=O)OC(C)CC. The van der Waals surface area contributed by atoms with Gasteiger partial charge in [-0.2, -0.15) is 0 Å². The van der Waals surface area contributed by atoms with Crippen LogP contribution in [0.15, 0.2) is 0 Å². The van der Waals surface area contributed by atoms with Gasteiger partial charge in [0.05, 0.1) is 12.2 Å². The van der Waals surface area contributed by atoms with Crippen LogP contribution in [-0.4, -0.2) is 23.8 Å². The summed E-state index contributed by atoms with van der Waals surface area (Å²) in [6.45, 7) is 7.67. The number of amides is 1. The Hall–Kier alpha value is -0.610. The van der Waals surface area contributed by atoms with Gasteiger partial charge in [0.25, 0.3) is 0 Å². The zero-order chi connectivity index (χ0) is 10.3. The molecule has 0 bridgehead atoms. The van der Waals surface area contributed by atoms with E-state index in [-0.39, 0.29) is 12.2 Å². The zero-order valence-corrected chi connectivity index (χ0v) is 8.74. The first kappa shape index (κ1) is 12.4. The minimum Gasteiger partial charge on any atom is -0.258 e. The van der Waals surface area contributed by atoms with Gasteiger partial charge in [-0.3, -0.25) is 4.79 Å². The normalized spacial score (nSPS) is 15.1. The topological polar surface area (TPSA) is 38.8 Å². The van der Waals surface area contributed by atoms with Crippen LogP contribution in [0.3, 0.4) is 0 Å². The van der Waals surface area contributed by atoms with Crippen LogP contribution in [0, 0.1) is 0 Å². The Labute approximate surface area is 79.7 Å². The molecule has 0 aliphatic heterocycles. The fraction of sp³-hybridized carbons (Fsp3) is 0.889. The van der Waals surface area contributed by atoms with Gasteiger partial charge < -0.3 is 0 Å². The summed E-state index contributed by atoms with van der Waals surface area (Å²) in [6, 6.07) is 0. The first-order valence-electron chi connectivity index (χ1n) is 4.65. The smallest absolute Gasteiger partial charge is 0.258 e. The van der Waals surface area contributed by atoms with Crippen LogP contribution in [-0.2, 0) is 14.5 Å². The molecule has 0 N–H and O–H groups in total. The fourth-order valence-electron chi connectivity index (χ4n) is 0.544. The third-order valence-corrected chi connectivity index (χ3v) is 1.78. The van der Waals surface area contributed by atoms with Gasteiger partial charge in [-0.25, -0.2) is 9.68 Å². The molecule has 1 amide bonds. The summed E-state index contributed by atoms with van der Waals surface area (Å²) >= 11 is 0. The summed E-state index contributed by atoms with van der Waals surface area (Å²) in [5.74, 6) is 0. The molecule has 2 unspecified atom stereocenters. The fourth-order valence-corrected chi connectivity index (χ4v) is 0.544. The van der Waals surface area contributed by atoms with Crippen LogP contribution in [0.1, 0.15) is 40.5 Å². The highest BCUT2D eigenvalue weighted by Gasteiger charge is 2.11. The lowest BCUT2D eigenvalue weighted by atomic mass is 10.3. The summed E-state index contributed by atoms with van der Waals surface area (Å²) in [5, 5.41) is 0.780. The minimum absolute atomic E-state index is 0.0366. The predicted molar refractivity (Wildman–Crippen MR) is 49.2 cm³/mol. The molecule has 4 heteroatoms. The molecular formula is C9H18NO3. The Kier molecular flexibility index (Phi) is 6.54. The van der Waals surface area contributed by atoms with Crippen molar-refractivity contribution < 1.29 is 14.5 Å². The molecule has 0 rings (SSSR count). The van der Waals surface area contributed by atoms with Crippen molar-refractivity contribution in [3.8, 4) is 0 Å². The first-order valence-corrected chi connectivity index (χ1v) is 4.65. The maximum absolute atomic E-state index is 10.4. The average Bonchev–Trinajstić information content (AvgIpc) is 2.16. The summed E-state index contributed by atoms with van der Waals surface area (Å²) < 4.78 is 0. The Bertz CT molecular complexity index is 129. The van der Waals surface area contributed by atoms with E-state index in [2.05, 4.69) is 0 Å². The second-order valence-corrected chi connectivity index (χ2v) is 3.00. The molecule has 0 fully saturated rings. The lowest BCUT2D eigenvalue weighted by Crippen LogP contribution is -2.30. The van der Waals surface area contributed by atoms with Crippen molar-refractivity contribution in [2.75, 3.05) is 0 Å². The third kappa shape index (κ3) is 5.60. The van der Waals surface area contributed by atoms with Gasteiger partial charge in [-0.1, -0.05) is 19.1 Å². The van der Waals surface area contributed by atoms with Gasteiger partial charge in [0.1, 0.15) is 0 Å². The van der Waals surface area contributed by atoms with Crippen LogP contribution in [0.4, 0.5) is 0 Å². The van der Waals surface area contributed by atoms with E-state index in [1.165, 1.54) is 0 Å². The Balaban J connectivity index is 3.81. The maximum atomic E-state index is 10.4. The van der Waals surface area contributed by atoms with Gasteiger partial charge in [-0.15, -0.1) is 0 Å². The largest absolute Gasteiger partial charge is 0.366 e. The molecule has 0 aliphatic carbocycles. The van der Waals surface area contributed by atoms with Gasteiger partial charge >= 0.3 is 6.41 Å². The number of rotatable bonds is 7.